The normalized spacial score (nSPS) is 20.9. The molecule has 0 bridgehead atoms. The van der Waals surface area contributed by atoms with Crippen LogP contribution in [-0.2, 0) is 0 Å². The standard InChI is InChI=1S/C13H24N2S/c1-11(2)15-13(3,10-14)8-9-16-12-6-4-5-7-12/h11-12,15H,4-9H2,1-3H3. The largest absolute Gasteiger partial charge is 0.297 e. The van der Waals surface area contributed by atoms with Crippen molar-refractivity contribution in [2.75, 3.05) is 5.75 Å². The van der Waals surface area contributed by atoms with Gasteiger partial charge in [0.15, 0.2) is 0 Å². The van der Waals surface area contributed by atoms with Crippen molar-refractivity contribution in [1.82, 2.24) is 5.32 Å². The van der Waals surface area contributed by atoms with Crippen LogP contribution in [0.1, 0.15) is 52.9 Å². The molecule has 0 saturated heterocycles. The van der Waals surface area contributed by atoms with Crippen molar-refractivity contribution >= 4 is 11.8 Å². The SMILES string of the molecule is CC(C)NC(C)(C#N)CCSC1CCCC1. The molecule has 1 saturated carbocycles. The van der Waals surface area contributed by atoms with Crippen molar-refractivity contribution in [2.45, 2.75) is 69.7 Å². The summed E-state index contributed by atoms with van der Waals surface area (Å²) in [6, 6.07) is 2.79. The van der Waals surface area contributed by atoms with Gasteiger partial charge < -0.3 is 0 Å². The molecule has 1 atom stereocenters. The Morgan fingerprint density at radius 2 is 2.06 bits per heavy atom. The van der Waals surface area contributed by atoms with Gasteiger partial charge in [0.25, 0.3) is 0 Å². The summed E-state index contributed by atoms with van der Waals surface area (Å²) in [5, 5.41) is 13.4. The molecular weight excluding hydrogens is 216 g/mol. The van der Waals surface area contributed by atoms with Crippen molar-refractivity contribution in [3.05, 3.63) is 0 Å². The van der Waals surface area contributed by atoms with E-state index in [1.54, 1.807) is 0 Å². The van der Waals surface area contributed by atoms with Gasteiger partial charge in [-0.05, 0) is 45.8 Å². The minimum atomic E-state index is -0.347. The summed E-state index contributed by atoms with van der Waals surface area (Å²) in [5.74, 6) is 1.11. The molecule has 1 unspecified atom stereocenters. The Morgan fingerprint density at radius 3 is 2.56 bits per heavy atom. The van der Waals surface area contributed by atoms with Gasteiger partial charge in [-0.2, -0.15) is 17.0 Å². The fraction of sp³-hybridized carbons (Fsp3) is 0.923. The molecule has 92 valence electrons. The van der Waals surface area contributed by atoms with Crippen LogP contribution in [0.25, 0.3) is 0 Å². The predicted octanol–water partition coefficient (Wildman–Crippen LogP) is 3.33. The van der Waals surface area contributed by atoms with Crippen LogP contribution in [0.4, 0.5) is 0 Å². The van der Waals surface area contributed by atoms with Crippen molar-refractivity contribution in [3.63, 3.8) is 0 Å². The van der Waals surface area contributed by atoms with Gasteiger partial charge in [0, 0.05) is 11.3 Å². The summed E-state index contributed by atoms with van der Waals surface area (Å²) >= 11 is 2.06. The zero-order valence-corrected chi connectivity index (χ0v) is 11.6. The van der Waals surface area contributed by atoms with E-state index in [4.69, 9.17) is 0 Å². The quantitative estimate of drug-likeness (QED) is 0.773. The van der Waals surface area contributed by atoms with Crippen LogP contribution in [0.3, 0.4) is 0 Å². The van der Waals surface area contributed by atoms with Gasteiger partial charge in [0.2, 0.25) is 0 Å². The van der Waals surface area contributed by atoms with Gasteiger partial charge in [-0.1, -0.05) is 12.8 Å². The minimum absolute atomic E-state index is 0.347. The second-order valence-corrected chi connectivity index (χ2v) is 6.68. The van der Waals surface area contributed by atoms with Crippen LogP contribution < -0.4 is 5.32 Å². The third kappa shape index (κ3) is 4.76. The zero-order valence-electron chi connectivity index (χ0n) is 10.8. The van der Waals surface area contributed by atoms with E-state index in [1.165, 1.54) is 25.7 Å². The second kappa shape index (κ2) is 6.51. The predicted molar refractivity (Wildman–Crippen MR) is 71.6 cm³/mol. The molecule has 0 aromatic heterocycles. The monoisotopic (exact) mass is 240 g/mol. The first-order chi connectivity index (χ1) is 7.56. The van der Waals surface area contributed by atoms with Gasteiger partial charge in [-0.15, -0.1) is 0 Å². The van der Waals surface area contributed by atoms with E-state index in [0.29, 0.717) is 6.04 Å². The van der Waals surface area contributed by atoms with Crippen LogP contribution in [0.5, 0.6) is 0 Å². The second-order valence-electron chi connectivity index (χ2n) is 5.27. The van der Waals surface area contributed by atoms with E-state index in [-0.39, 0.29) is 5.54 Å². The fourth-order valence-corrected chi connectivity index (χ4v) is 3.81. The molecule has 0 aromatic carbocycles. The number of hydrogen-bond acceptors (Lipinski definition) is 3. The number of rotatable bonds is 6. The molecule has 0 aliphatic heterocycles. The highest BCUT2D eigenvalue weighted by Crippen LogP contribution is 2.30. The summed E-state index contributed by atoms with van der Waals surface area (Å²) in [6.45, 7) is 6.21. The number of nitriles is 1. The third-order valence-corrected chi connectivity index (χ3v) is 4.49. The van der Waals surface area contributed by atoms with E-state index in [0.717, 1.165) is 17.4 Å². The van der Waals surface area contributed by atoms with Gasteiger partial charge in [-0.25, -0.2) is 0 Å². The number of thioether (sulfide) groups is 1. The Kier molecular flexibility index (Phi) is 5.64. The van der Waals surface area contributed by atoms with Crippen molar-refractivity contribution in [2.24, 2.45) is 0 Å². The molecule has 3 heteroatoms. The van der Waals surface area contributed by atoms with Crippen LogP contribution in [-0.4, -0.2) is 22.6 Å². The average molecular weight is 240 g/mol. The molecule has 16 heavy (non-hydrogen) atoms. The highest BCUT2D eigenvalue weighted by atomic mass is 32.2. The molecule has 1 N–H and O–H groups in total. The third-order valence-electron chi connectivity index (χ3n) is 3.11. The Morgan fingerprint density at radius 1 is 1.44 bits per heavy atom. The Bertz CT molecular complexity index is 241. The molecule has 0 amide bonds. The lowest BCUT2D eigenvalue weighted by atomic mass is 10.0. The van der Waals surface area contributed by atoms with Gasteiger partial charge in [0.1, 0.15) is 5.54 Å². The number of nitrogens with zero attached hydrogens (tertiary/aromatic N) is 1. The van der Waals surface area contributed by atoms with E-state index in [9.17, 15) is 5.26 Å². The van der Waals surface area contributed by atoms with Crippen molar-refractivity contribution < 1.29 is 0 Å². The Labute approximate surface area is 104 Å². The zero-order chi connectivity index (χ0) is 12.0. The highest BCUT2D eigenvalue weighted by molar-refractivity contribution is 7.99. The number of nitrogens with one attached hydrogen (secondary N) is 1. The first kappa shape index (κ1) is 13.9. The van der Waals surface area contributed by atoms with Crippen molar-refractivity contribution in [3.8, 4) is 6.07 Å². The van der Waals surface area contributed by atoms with E-state index >= 15 is 0 Å². The van der Waals surface area contributed by atoms with Crippen LogP contribution in [0.15, 0.2) is 0 Å². The lowest BCUT2D eigenvalue weighted by Gasteiger charge is -2.26. The molecule has 0 heterocycles. The first-order valence-electron chi connectivity index (χ1n) is 6.36. The molecule has 2 nitrogen and oxygen atoms in total. The van der Waals surface area contributed by atoms with Gasteiger partial charge in [-0.3, -0.25) is 5.32 Å². The van der Waals surface area contributed by atoms with Crippen LogP contribution in [0.2, 0.25) is 0 Å². The lowest BCUT2D eigenvalue weighted by Crippen LogP contribution is -2.45. The van der Waals surface area contributed by atoms with E-state index in [2.05, 4.69) is 37.0 Å². The molecule has 1 fully saturated rings. The molecule has 1 aliphatic carbocycles. The fourth-order valence-electron chi connectivity index (χ4n) is 2.28. The maximum Gasteiger partial charge on any atom is 0.104 e. The topological polar surface area (TPSA) is 35.8 Å². The smallest absolute Gasteiger partial charge is 0.104 e. The van der Waals surface area contributed by atoms with Crippen molar-refractivity contribution in [1.29, 1.82) is 5.26 Å². The van der Waals surface area contributed by atoms with Gasteiger partial charge >= 0.3 is 0 Å². The molecule has 1 aliphatic rings. The van der Waals surface area contributed by atoms with E-state index < -0.39 is 0 Å². The maximum atomic E-state index is 9.20. The highest BCUT2D eigenvalue weighted by Gasteiger charge is 2.25. The molecule has 1 rings (SSSR count). The average Bonchev–Trinajstić information content (AvgIpc) is 2.69. The summed E-state index contributed by atoms with van der Waals surface area (Å²) in [5.41, 5.74) is -0.347. The summed E-state index contributed by atoms with van der Waals surface area (Å²) in [6.07, 6.45) is 6.51. The number of hydrogen-bond donors (Lipinski definition) is 1. The molecule has 0 aromatic rings. The van der Waals surface area contributed by atoms with E-state index in [1.807, 2.05) is 6.92 Å². The summed E-state index contributed by atoms with van der Waals surface area (Å²) < 4.78 is 0. The first-order valence-corrected chi connectivity index (χ1v) is 7.41. The van der Waals surface area contributed by atoms with Crippen LogP contribution in [0, 0.1) is 11.3 Å². The molecule has 0 radical (unpaired) electrons. The van der Waals surface area contributed by atoms with Crippen LogP contribution >= 0.6 is 11.8 Å². The minimum Gasteiger partial charge on any atom is -0.297 e. The molecule has 0 spiro atoms. The maximum absolute atomic E-state index is 9.20. The summed E-state index contributed by atoms with van der Waals surface area (Å²) in [4.78, 5) is 0. The molecular formula is C13H24N2S. The Hall–Kier alpha value is -0.200. The van der Waals surface area contributed by atoms with Gasteiger partial charge in [0.05, 0.1) is 6.07 Å². The Balaban J connectivity index is 2.25. The lowest BCUT2D eigenvalue weighted by molar-refractivity contribution is 0.397. The summed E-state index contributed by atoms with van der Waals surface area (Å²) in [7, 11) is 0.